The van der Waals surface area contributed by atoms with E-state index in [2.05, 4.69) is 24.8 Å². The van der Waals surface area contributed by atoms with Gasteiger partial charge in [0.15, 0.2) is 0 Å². The van der Waals surface area contributed by atoms with Gasteiger partial charge in [-0.1, -0.05) is 13.8 Å². The molecular weight excluding hydrogens is 196 g/mol. The van der Waals surface area contributed by atoms with E-state index in [4.69, 9.17) is 5.26 Å². The molecule has 0 amide bonds. The van der Waals surface area contributed by atoms with Crippen molar-refractivity contribution in [2.45, 2.75) is 13.8 Å². The molecule has 3 nitrogen and oxygen atoms in total. The smallest absolute Gasteiger partial charge is 0.0672 e. The van der Waals surface area contributed by atoms with E-state index in [0.717, 1.165) is 31.1 Å². The van der Waals surface area contributed by atoms with Gasteiger partial charge < -0.3 is 4.90 Å². The highest BCUT2D eigenvalue weighted by atomic mass is 32.2. The molecule has 0 aliphatic carbocycles. The van der Waals surface area contributed by atoms with E-state index in [-0.39, 0.29) is 5.92 Å². The second kappa shape index (κ2) is 5.47. The molecule has 4 heteroatoms. The highest BCUT2D eigenvalue weighted by Crippen LogP contribution is 2.12. The van der Waals surface area contributed by atoms with Crippen molar-refractivity contribution in [3.8, 4) is 6.07 Å². The van der Waals surface area contributed by atoms with Crippen LogP contribution < -0.4 is 0 Å². The second-order valence-electron chi connectivity index (χ2n) is 4.13. The number of hydrogen-bond acceptors (Lipinski definition) is 3. The van der Waals surface area contributed by atoms with Crippen LogP contribution in [0.2, 0.25) is 0 Å². The first-order valence-corrected chi connectivity index (χ1v) is 6.59. The van der Waals surface area contributed by atoms with Crippen LogP contribution in [-0.2, 0) is 10.8 Å². The lowest BCUT2D eigenvalue weighted by Gasteiger charge is -2.28. The van der Waals surface area contributed by atoms with E-state index in [0.29, 0.717) is 5.92 Å². The van der Waals surface area contributed by atoms with Crippen molar-refractivity contribution in [1.29, 1.82) is 5.26 Å². The SMILES string of the molecule is CC(C)C(C#N)CN1CCS(=O)CC1. The molecule has 1 heterocycles. The van der Waals surface area contributed by atoms with E-state index in [1.807, 2.05) is 0 Å². The summed E-state index contributed by atoms with van der Waals surface area (Å²) in [5.41, 5.74) is 0. The fourth-order valence-corrected chi connectivity index (χ4v) is 2.66. The molecule has 0 N–H and O–H groups in total. The first-order chi connectivity index (χ1) is 6.63. The Kier molecular flexibility index (Phi) is 4.56. The topological polar surface area (TPSA) is 44.1 Å². The molecule has 0 bridgehead atoms. The molecule has 0 aromatic rings. The first kappa shape index (κ1) is 11.7. The van der Waals surface area contributed by atoms with Gasteiger partial charge in [0, 0.05) is 41.9 Å². The number of nitriles is 1. The predicted octanol–water partition coefficient (Wildman–Crippen LogP) is 0.846. The van der Waals surface area contributed by atoms with Crippen molar-refractivity contribution in [3.63, 3.8) is 0 Å². The van der Waals surface area contributed by atoms with Crippen molar-refractivity contribution >= 4 is 10.8 Å². The van der Waals surface area contributed by atoms with Crippen LogP contribution in [0.25, 0.3) is 0 Å². The Labute approximate surface area is 88.5 Å². The monoisotopic (exact) mass is 214 g/mol. The van der Waals surface area contributed by atoms with Gasteiger partial charge in [0.05, 0.1) is 12.0 Å². The zero-order valence-electron chi connectivity index (χ0n) is 8.90. The molecule has 0 radical (unpaired) electrons. The highest BCUT2D eigenvalue weighted by Gasteiger charge is 2.20. The molecule has 0 spiro atoms. The van der Waals surface area contributed by atoms with Gasteiger partial charge in [0.25, 0.3) is 0 Å². The summed E-state index contributed by atoms with van der Waals surface area (Å²) in [5.74, 6) is 2.07. The maximum atomic E-state index is 11.1. The number of rotatable bonds is 3. The number of nitrogens with zero attached hydrogens (tertiary/aromatic N) is 2. The molecule has 1 unspecified atom stereocenters. The summed E-state index contributed by atoms with van der Waals surface area (Å²) in [4.78, 5) is 2.26. The van der Waals surface area contributed by atoms with E-state index < -0.39 is 10.8 Å². The molecule has 0 saturated carbocycles. The van der Waals surface area contributed by atoms with Crippen LogP contribution in [0, 0.1) is 23.2 Å². The predicted molar refractivity (Wildman–Crippen MR) is 58.3 cm³/mol. The molecule has 1 fully saturated rings. The highest BCUT2D eigenvalue weighted by molar-refractivity contribution is 7.85. The zero-order valence-corrected chi connectivity index (χ0v) is 9.72. The van der Waals surface area contributed by atoms with Gasteiger partial charge in [0.2, 0.25) is 0 Å². The average molecular weight is 214 g/mol. The van der Waals surface area contributed by atoms with Gasteiger partial charge in [-0.25, -0.2) is 0 Å². The van der Waals surface area contributed by atoms with Crippen molar-refractivity contribution in [1.82, 2.24) is 4.90 Å². The molecule has 1 saturated heterocycles. The molecule has 0 aromatic heterocycles. The summed E-state index contributed by atoms with van der Waals surface area (Å²) in [7, 11) is -0.613. The Morgan fingerprint density at radius 3 is 2.43 bits per heavy atom. The quantitative estimate of drug-likeness (QED) is 0.699. The molecule has 80 valence electrons. The number of hydrogen-bond donors (Lipinski definition) is 0. The third kappa shape index (κ3) is 3.39. The molecule has 14 heavy (non-hydrogen) atoms. The van der Waals surface area contributed by atoms with Crippen molar-refractivity contribution in [2.75, 3.05) is 31.1 Å². The fraction of sp³-hybridized carbons (Fsp3) is 0.900. The van der Waals surface area contributed by atoms with E-state index in [1.165, 1.54) is 0 Å². The first-order valence-electron chi connectivity index (χ1n) is 5.10. The Bertz CT molecular complexity index is 237. The molecular formula is C10H18N2OS. The lowest BCUT2D eigenvalue weighted by atomic mass is 9.97. The molecule has 1 aliphatic rings. The van der Waals surface area contributed by atoms with Crippen LogP contribution in [-0.4, -0.2) is 40.2 Å². The van der Waals surface area contributed by atoms with E-state index >= 15 is 0 Å². The standard InChI is InChI=1S/C10H18N2OS/c1-9(2)10(7-11)8-12-3-5-14(13)6-4-12/h9-10H,3-6,8H2,1-2H3. The van der Waals surface area contributed by atoms with E-state index in [1.54, 1.807) is 0 Å². The van der Waals surface area contributed by atoms with E-state index in [9.17, 15) is 4.21 Å². The maximum absolute atomic E-state index is 11.1. The van der Waals surface area contributed by atoms with Crippen LogP contribution in [0.3, 0.4) is 0 Å². The van der Waals surface area contributed by atoms with Crippen LogP contribution in [0.15, 0.2) is 0 Å². The van der Waals surface area contributed by atoms with Crippen LogP contribution in [0.1, 0.15) is 13.8 Å². The summed E-state index contributed by atoms with van der Waals surface area (Å²) >= 11 is 0. The van der Waals surface area contributed by atoms with Gasteiger partial charge in [-0.15, -0.1) is 0 Å². The summed E-state index contributed by atoms with van der Waals surface area (Å²) in [6.07, 6.45) is 0. The molecule has 0 aromatic carbocycles. The van der Waals surface area contributed by atoms with Crippen molar-refractivity contribution in [2.24, 2.45) is 11.8 Å². The minimum Gasteiger partial charge on any atom is -0.300 e. The molecule has 1 rings (SSSR count). The second-order valence-corrected chi connectivity index (χ2v) is 5.82. The van der Waals surface area contributed by atoms with Crippen molar-refractivity contribution < 1.29 is 4.21 Å². The summed E-state index contributed by atoms with van der Waals surface area (Å²) < 4.78 is 11.1. The van der Waals surface area contributed by atoms with Gasteiger partial charge in [-0.2, -0.15) is 5.26 Å². The normalized spacial score (nSPS) is 22.1. The van der Waals surface area contributed by atoms with Gasteiger partial charge >= 0.3 is 0 Å². The van der Waals surface area contributed by atoms with Gasteiger partial charge in [-0.05, 0) is 5.92 Å². The lowest BCUT2D eigenvalue weighted by Crippen LogP contribution is -2.41. The van der Waals surface area contributed by atoms with Crippen molar-refractivity contribution in [3.05, 3.63) is 0 Å². The van der Waals surface area contributed by atoms with Crippen LogP contribution in [0.5, 0.6) is 0 Å². The van der Waals surface area contributed by atoms with Crippen LogP contribution >= 0.6 is 0 Å². The summed E-state index contributed by atoms with van der Waals surface area (Å²) in [6, 6.07) is 2.34. The Hall–Kier alpha value is -0.400. The largest absolute Gasteiger partial charge is 0.300 e. The Morgan fingerprint density at radius 2 is 2.00 bits per heavy atom. The zero-order chi connectivity index (χ0) is 10.6. The third-order valence-corrected chi connectivity index (χ3v) is 3.97. The van der Waals surface area contributed by atoms with Crippen LogP contribution in [0.4, 0.5) is 0 Å². The summed E-state index contributed by atoms with van der Waals surface area (Å²) in [5, 5.41) is 8.94. The lowest BCUT2D eigenvalue weighted by molar-refractivity contribution is 0.247. The fourth-order valence-electron chi connectivity index (χ4n) is 1.54. The van der Waals surface area contributed by atoms with Gasteiger partial charge in [0.1, 0.15) is 0 Å². The van der Waals surface area contributed by atoms with Gasteiger partial charge in [-0.3, -0.25) is 4.21 Å². The minimum atomic E-state index is -0.613. The molecule has 1 aliphatic heterocycles. The maximum Gasteiger partial charge on any atom is 0.0672 e. The third-order valence-electron chi connectivity index (χ3n) is 2.70. The Morgan fingerprint density at radius 1 is 1.43 bits per heavy atom. The minimum absolute atomic E-state index is 0.113. The Balaban J connectivity index is 2.37. The molecule has 1 atom stereocenters. The average Bonchev–Trinajstić information content (AvgIpc) is 2.16. The summed E-state index contributed by atoms with van der Waals surface area (Å²) in [6.45, 7) is 6.77.